The number of imidazole rings is 1. The van der Waals surface area contributed by atoms with Crippen LogP contribution in [0.1, 0.15) is 36.2 Å². The number of aromatic nitrogens is 5. The van der Waals surface area contributed by atoms with Crippen molar-refractivity contribution in [2.75, 3.05) is 31.2 Å². The lowest BCUT2D eigenvalue weighted by Gasteiger charge is -2.37. The molecule has 5 heterocycles. The van der Waals surface area contributed by atoms with Gasteiger partial charge >= 0.3 is 0 Å². The van der Waals surface area contributed by atoms with Gasteiger partial charge in [0.05, 0.1) is 24.4 Å². The lowest BCUT2D eigenvalue weighted by molar-refractivity contribution is 0.0225. The van der Waals surface area contributed by atoms with Crippen LogP contribution in [0, 0.1) is 0 Å². The highest BCUT2D eigenvalue weighted by Crippen LogP contribution is 2.45. The lowest BCUT2D eigenvalue weighted by Crippen LogP contribution is -2.44. The van der Waals surface area contributed by atoms with Crippen LogP contribution in [0.4, 0.5) is 10.3 Å². The number of pyridine rings is 1. The van der Waals surface area contributed by atoms with Crippen LogP contribution in [0.3, 0.4) is 0 Å². The zero-order valence-corrected chi connectivity index (χ0v) is 19.9. The van der Waals surface area contributed by atoms with Crippen molar-refractivity contribution >= 4 is 17.1 Å². The van der Waals surface area contributed by atoms with Gasteiger partial charge in [-0.05, 0) is 36.1 Å². The van der Waals surface area contributed by atoms with Crippen molar-refractivity contribution in [1.82, 2.24) is 24.5 Å². The Hall–Kier alpha value is -3.43. The first-order valence-corrected chi connectivity index (χ1v) is 12.5. The van der Waals surface area contributed by atoms with E-state index in [0.717, 1.165) is 41.1 Å². The van der Waals surface area contributed by atoms with Crippen LogP contribution in [0.5, 0.6) is 0 Å². The first kappa shape index (κ1) is 21.8. The fraction of sp³-hybridized carbons (Fsp3) is 0.407. The molecule has 1 saturated heterocycles. The molecule has 184 valence electrons. The minimum Gasteiger partial charge on any atom is -0.393 e. The number of aliphatic hydroxyl groups excluding tert-OH is 1. The average molecular weight is 487 g/mol. The highest BCUT2D eigenvalue weighted by molar-refractivity contribution is 5.77. The first-order valence-electron chi connectivity index (χ1n) is 12.5. The number of benzene rings is 1. The van der Waals surface area contributed by atoms with Crippen LogP contribution in [0.25, 0.3) is 22.4 Å². The minimum atomic E-state index is -1.50. The number of ether oxygens (including phenoxy) is 1. The van der Waals surface area contributed by atoms with E-state index in [0.29, 0.717) is 32.3 Å². The molecule has 0 bridgehead atoms. The molecule has 36 heavy (non-hydrogen) atoms. The van der Waals surface area contributed by atoms with Gasteiger partial charge in [-0.25, -0.2) is 24.3 Å². The maximum absolute atomic E-state index is 14.3. The predicted octanol–water partition coefficient (Wildman–Crippen LogP) is 3.41. The Kier molecular flexibility index (Phi) is 4.87. The molecule has 1 atom stereocenters. The maximum atomic E-state index is 14.3. The van der Waals surface area contributed by atoms with Crippen LogP contribution < -0.4 is 4.90 Å². The average Bonchev–Trinajstić information content (AvgIpc) is 3.49. The number of anilines is 1. The Morgan fingerprint density at radius 2 is 1.81 bits per heavy atom. The third-order valence-corrected chi connectivity index (χ3v) is 8.06. The van der Waals surface area contributed by atoms with Crippen LogP contribution in [-0.2, 0) is 23.3 Å². The van der Waals surface area contributed by atoms with Gasteiger partial charge in [0.1, 0.15) is 23.6 Å². The van der Waals surface area contributed by atoms with Crippen LogP contribution >= 0.6 is 0 Å². The van der Waals surface area contributed by atoms with Gasteiger partial charge in [-0.15, -0.1) is 0 Å². The molecule has 0 amide bonds. The third-order valence-electron chi connectivity index (χ3n) is 8.06. The van der Waals surface area contributed by atoms with E-state index >= 15 is 0 Å². The summed E-state index contributed by atoms with van der Waals surface area (Å²) in [5, 5.41) is 9.27. The smallest absolute Gasteiger partial charge is 0.225 e. The van der Waals surface area contributed by atoms with Gasteiger partial charge in [0.2, 0.25) is 5.95 Å². The van der Waals surface area contributed by atoms with Crippen molar-refractivity contribution in [3.05, 3.63) is 65.7 Å². The SMILES string of the molecule is OCC1(F)CCN(c2ncc(-c3ccc4nc5n(c4n3)C3(CCc4ccccc43)COC5)cn2)CC1. The highest BCUT2D eigenvalue weighted by atomic mass is 19.1. The molecule has 0 radical (unpaired) electrons. The number of piperidine rings is 1. The molecule has 1 fully saturated rings. The van der Waals surface area contributed by atoms with E-state index in [9.17, 15) is 9.50 Å². The van der Waals surface area contributed by atoms with Gasteiger partial charge in [0, 0.05) is 43.9 Å². The van der Waals surface area contributed by atoms with Gasteiger partial charge in [-0.1, -0.05) is 24.3 Å². The van der Waals surface area contributed by atoms with Crippen LogP contribution in [-0.4, -0.2) is 61.6 Å². The number of aryl methyl sites for hydroxylation is 1. The van der Waals surface area contributed by atoms with Crippen molar-refractivity contribution in [2.45, 2.75) is 43.5 Å². The molecule has 1 aromatic carbocycles. The monoisotopic (exact) mass is 486 g/mol. The van der Waals surface area contributed by atoms with E-state index < -0.39 is 12.3 Å². The summed E-state index contributed by atoms with van der Waals surface area (Å²) in [5.74, 6) is 1.47. The second kappa shape index (κ2) is 8.04. The van der Waals surface area contributed by atoms with Crippen LogP contribution in [0.2, 0.25) is 0 Å². The Morgan fingerprint density at radius 3 is 2.61 bits per heavy atom. The molecule has 1 aliphatic carbocycles. The minimum absolute atomic E-state index is 0.272. The van der Waals surface area contributed by atoms with E-state index in [-0.39, 0.29) is 18.4 Å². The number of hydrogen-bond donors (Lipinski definition) is 1. The zero-order valence-electron chi connectivity index (χ0n) is 19.9. The molecule has 2 aliphatic heterocycles. The first-order chi connectivity index (χ1) is 17.6. The van der Waals surface area contributed by atoms with Gasteiger partial charge in [-0.3, -0.25) is 4.57 Å². The van der Waals surface area contributed by atoms with Gasteiger partial charge in [-0.2, -0.15) is 0 Å². The molecule has 9 heteroatoms. The van der Waals surface area contributed by atoms with E-state index in [1.807, 2.05) is 17.0 Å². The summed E-state index contributed by atoms with van der Waals surface area (Å²) in [6.45, 7) is 1.60. The largest absolute Gasteiger partial charge is 0.393 e. The number of aliphatic hydroxyl groups is 1. The second-order valence-electron chi connectivity index (χ2n) is 10.2. The molecule has 3 aromatic heterocycles. The maximum Gasteiger partial charge on any atom is 0.225 e. The Morgan fingerprint density at radius 1 is 1.00 bits per heavy atom. The standard InChI is InChI=1S/C27H27FN6O2/c28-26(16-35)9-11-33(12-10-26)25-29-13-19(14-30-25)21-5-6-22-24(32-21)34-23(31-22)15-36-17-27(34)8-7-18-3-1-2-4-20(18)27/h1-6,13-14,35H,7-12,15-17H2. The molecule has 8 nitrogen and oxygen atoms in total. The number of rotatable bonds is 3. The van der Waals surface area contributed by atoms with E-state index in [2.05, 4.69) is 38.8 Å². The quantitative estimate of drug-likeness (QED) is 0.475. The summed E-state index contributed by atoms with van der Waals surface area (Å²) in [6.07, 6.45) is 6.06. The highest BCUT2D eigenvalue weighted by Gasteiger charge is 2.45. The Balaban J connectivity index is 1.24. The predicted molar refractivity (Wildman–Crippen MR) is 132 cm³/mol. The number of hydrogen-bond acceptors (Lipinski definition) is 7. The van der Waals surface area contributed by atoms with Crippen molar-refractivity contribution in [3.8, 4) is 11.3 Å². The molecular weight excluding hydrogens is 459 g/mol. The van der Waals surface area contributed by atoms with E-state index in [4.69, 9.17) is 14.7 Å². The normalized spacial score (nSPS) is 22.7. The van der Waals surface area contributed by atoms with Gasteiger partial charge in [0.25, 0.3) is 0 Å². The third kappa shape index (κ3) is 3.26. The van der Waals surface area contributed by atoms with Crippen molar-refractivity contribution < 1.29 is 14.2 Å². The van der Waals surface area contributed by atoms with E-state index in [1.54, 1.807) is 12.4 Å². The van der Waals surface area contributed by atoms with Crippen molar-refractivity contribution in [2.24, 2.45) is 0 Å². The summed E-state index contributed by atoms with van der Waals surface area (Å²) in [4.78, 5) is 21.0. The van der Waals surface area contributed by atoms with Crippen molar-refractivity contribution in [1.29, 1.82) is 0 Å². The molecule has 4 aromatic rings. The summed E-state index contributed by atoms with van der Waals surface area (Å²) >= 11 is 0. The summed E-state index contributed by atoms with van der Waals surface area (Å²) in [7, 11) is 0. The van der Waals surface area contributed by atoms with Gasteiger partial charge in [0.15, 0.2) is 5.65 Å². The zero-order chi connectivity index (χ0) is 24.3. The Bertz CT molecular complexity index is 1450. The number of alkyl halides is 1. The molecule has 3 aliphatic rings. The number of fused-ring (bicyclic) bond motifs is 6. The molecule has 1 unspecified atom stereocenters. The van der Waals surface area contributed by atoms with Crippen molar-refractivity contribution in [3.63, 3.8) is 0 Å². The molecule has 1 spiro atoms. The lowest BCUT2D eigenvalue weighted by atomic mass is 9.91. The van der Waals surface area contributed by atoms with Gasteiger partial charge < -0.3 is 14.7 Å². The molecule has 0 saturated carbocycles. The molecular formula is C27H27FN6O2. The summed E-state index contributed by atoms with van der Waals surface area (Å²) < 4.78 is 22.7. The topological polar surface area (TPSA) is 89.2 Å². The molecule has 7 rings (SSSR count). The number of nitrogens with zero attached hydrogens (tertiary/aromatic N) is 6. The second-order valence-corrected chi connectivity index (χ2v) is 10.2. The number of halogens is 1. The summed E-state index contributed by atoms with van der Waals surface area (Å²) in [6, 6.07) is 12.6. The fourth-order valence-electron chi connectivity index (χ4n) is 6.02. The summed E-state index contributed by atoms with van der Waals surface area (Å²) in [5.41, 5.74) is 4.17. The Labute approximate surface area is 207 Å². The fourth-order valence-corrected chi connectivity index (χ4v) is 6.02. The van der Waals surface area contributed by atoms with Crippen LogP contribution in [0.15, 0.2) is 48.8 Å². The molecule has 1 N–H and O–H groups in total. The van der Waals surface area contributed by atoms with E-state index in [1.165, 1.54) is 11.1 Å².